The van der Waals surface area contributed by atoms with E-state index in [1.807, 2.05) is 60.7 Å². The van der Waals surface area contributed by atoms with Crippen molar-refractivity contribution in [1.82, 2.24) is 20.2 Å². The van der Waals surface area contributed by atoms with Gasteiger partial charge in [-0.05, 0) is 52.4 Å². The van der Waals surface area contributed by atoms with Crippen molar-refractivity contribution in [2.75, 3.05) is 21.3 Å². The molecule has 0 saturated heterocycles. The number of para-hydroxylation sites is 3. The van der Waals surface area contributed by atoms with Gasteiger partial charge in [0, 0.05) is 5.56 Å². The molecule has 5 rings (SSSR count). The van der Waals surface area contributed by atoms with E-state index >= 15 is 0 Å². The minimum Gasteiger partial charge on any atom is -0.493 e. The molecule has 1 aromatic heterocycles. The van der Waals surface area contributed by atoms with E-state index in [1.165, 1.54) is 0 Å². The van der Waals surface area contributed by atoms with Crippen LogP contribution >= 0.6 is 0 Å². The van der Waals surface area contributed by atoms with Crippen LogP contribution in [0.25, 0.3) is 0 Å². The van der Waals surface area contributed by atoms with Crippen molar-refractivity contribution in [3.05, 3.63) is 77.6 Å². The third-order valence-corrected chi connectivity index (χ3v) is 5.26. The number of rotatable bonds is 6. The quantitative estimate of drug-likeness (QED) is 0.391. The van der Waals surface area contributed by atoms with Crippen LogP contribution in [0.1, 0.15) is 17.0 Å². The van der Waals surface area contributed by atoms with Crippen molar-refractivity contribution in [3.8, 4) is 28.7 Å². The summed E-state index contributed by atoms with van der Waals surface area (Å²) in [5, 5.41) is 12.4. The van der Waals surface area contributed by atoms with Gasteiger partial charge in [0.25, 0.3) is 0 Å². The molecule has 0 amide bonds. The van der Waals surface area contributed by atoms with E-state index in [-0.39, 0.29) is 0 Å². The van der Waals surface area contributed by atoms with Crippen molar-refractivity contribution in [3.63, 3.8) is 0 Å². The van der Waals surface area contributed by atoms with Gasteiger partial charge in [0.1, 0.15) is 17.1 Å². The Morgan fingerprint density at radius 3 is 2.27 bits per heavy atom. The maximum atomic E-state index is 6.14. The summed E-state index contributed by atoms with van der Waals surface area (Å²) in [5.74, 6) is 3.50. The van der Waals surface area contributed by atoms with Crippen LogP contribution in [0.3, 0.4) is 0 Å². The summed E-state index contributed by atoms with van der Waals surface area (Å²) in [6.07, 6.45) is 0. The lowest BCUT2D eigenvalue weighted by Gasteiger charge is -2.14. The highest BCUT2D eigenvalue weighted by Crippen LogP contribution is 2.39. The standard InChI is InChI=1S/C24H21N5O4/c1-30-20-12-15(13-21(31-2)23(20)32-3)14-29-24(26-27-28-29)22-16-8-4-6-10-18(16)33-19-11-7-5-9-17(19)25-22/h4-13H,14H2,1-3H3. The first-order valence-electron chi connectivity index (χ1n) is 10.2. The summed E-state index contributed by atoms with van der Waals surface area (Å²) < 4.78 is 24.2. The van der Waals surface area contributed by atoms with Gasteiger partial charge in [-0.1, -0.05) is 24.3 Å². The summed E-state index contributed by atoms with van der Waals surface area (Å²) in [7, 11) is 4.73. The third-order valence-electron chi connectivity index (χ3n) is 5.26. The molecule has 9 heteroatoms. The van der Waals surface area contributed by atoms with E-state index in [2.05, 4.69) is 15.5 Å². The van der Waals surface area contributed by atoms with Gasteiger partial charge in [0.05, 0.1) is 27.9 Å². The first-order valence-corrected chi connectivity index (χ1v) is 10.2. The van der Waals surface area contributed by atoms with Crippen molar-refractivity contribution >= 4 is 11.4 Å². The van der Waals surface area contributed by atoms with Gasteiger partial charge >= 0.3 is 0 Å². The highest BCUT2D eigenvalue weighted by atomic mass is 16.5. The summed E-state index contributed by atoms with van der Waals surface area (Å²) >= 11 is 0. The number of aliphatic imine (C=N–C) groups is 1. The average Bonchev–Trinajstić information content (AvgIpc) is 3.23. The second-order valence-corrected chi connectivity index (χ2v) is 7.22. The molecule has 0 aliphatic carbocycles. The lowest BCUT2D eigenvalue weighted by atomic mass is 10.1. The maximum Gasteiger partial charge on any atom is 0.203 e. The summed E-state index contributed by atoms with van der Waals surface area (Å²) in [6, 6.07) is 19.0. The second-order valence-electron chi connectivity index (χ2n) is 7.22. The highest BCUT2D eigenvalue weighted by molar-refractivity contribution is 6.14. The van der Waals surface area contributed by atoms with Crippen molar-refractivity contribution in [2.24, 2.45) is 4.99 Å². The van der Waals surface area contributed by atoms with Crippen molar-refractivity contribution in [1.29, 1.82) is 0 Å². The molecule has 0 radical (unpaired) electrons. The Labute approximate surface area is 190 Å². The van der Waals surface area contributed by atoms with Crippen LogP contribution in [0.15, 0.2) is 65.7 Å². The number of benzene rings is 3. The highest BCUT2D eigenvalue weighted by Gasteiger charge is 2.24. The molecule has 1 aliphatic heterocycles. The molecule has 4 aromatic rings. The van der Waals surface area contributed by atoms with Crippen LogP contribution in [0.2, 0.25) is 0 Å². The lowest BCUT2D eigenvalue weighted by Crippen LogP contribution is -2.15. The number of fused-ring (bicyclic) bond motifs is 2. The lowest BCUT2D eigenvalue weighted by molar-refractivity contribution is 0.323. The number of tetrazole rings is 1. The van der Waals surface area contributed by atoms with E-state index in [4.69, 9.17) is 23.9 Å². The Morgan fingerprint density at radius 1 is 0.848 bits per heavy atom. The van der Waals surface area contributed by atoms with Crippen LogP contribution in [0.4, 0.5) is 5.69 Å². The molecule has 0 saturated carbocycles. The normalized spacial score (nSPS) is 12.0. The second kappa shape index (κ2) is 8.62. The molecular weight excluding hydrogens is 422 g/mol. The zero-order valence-electron chi connectivity index (χ0n) is 18.3. The molecule has 0 atom stereocenters. The Hall–Kier alpha value is -4.40. The molecule has 0 spiro atoms. The average molecular weight is 443 g/mol. The first kappa shape index (κ1) is 20.5. The summed E-state index contributed by atoms with van der Waals surface area (Å²) in [6.45, 7) is 0.364. The summed E-state index contributed by atoms with van der Waals surface area (Å²) in [4.78, 5) is 4.88. The predicted octanol–water partition coefficient (Wildman–Crippen LogP) is 4.02. The van der Waals surface area contributed by atoms with E-state index < -0.39 is 0 Å². The Morgan fingerprint density at radius 2 is 1.55 bits per heavy atom. The number of methoxy groups -OCH3 is 3. The Kier molecular flexibility index (Phi) is 5.35. The monoisotopic (exact) mass is 443 g/mol. The number of nitrogens with zero attached hydrogens (tertiary/aromatic N) is 5. The van der Waals surface area contributed by atoms with Gasteiger partial charge in [-0.2, -0.15) is 0 Å². The molecule has 0 unspecified atom stereocenters. The summed E-state index contributed by atoms with van der Waals surface area (Å²) in [5.41, 5.74) is 2.99. The smallest absolute Gasteiger partial charge is 0.203 e. The van der Waals surface area contributed by atoms with Gasteiger partial charge in [0.15, 0.2) is 17.2 Å². The van der Waals surface area contributed by atoms with Crippen LogP contribution in [-0.2, 0) is 6.54 Å². The SMILES string of the molecule is COc1cc(Cn2nnnc2C2=Nc3ccccc3Oc3ccccc32)cc(OC)c1OC. The first-order chi connectivity index (χ1) is 16.2. The van der Waals surface area contributed by atoms with Crippen LogP contribution in [-0.4, -0.2) is 47.2 Å². The largest absolute Gasteiger partial charge is 0.493 e. The predicted molar refractivity (Wildman–Crippen MR) is 121 cm³/mol. The van der Waals surface area contributed by atoms with Gasteiger partial charge < -0.3 is 18.9 Å². The molecule has 166 valence electrons. The van der Waals surface area contributed by atoms with Crippen LogP contribution < -0.4 is 18.9 Å². The van der Waals surface area contributed by atoms with Crippen LogP contribution in [0, 0.1) is 0 Å². The Balaban J connectivity index is 1.60. The molecular formula is C24H21N5O4. The van der Waals surface area contributed by atoms with Gasteiger partial charge in [-0.3, -0.25) is 0 Å². The molecule has 0 N–H and O–H groups in total. The number of hydrogen-bond donors (Lipinski definition) is 0. The van der Waals surface area contributed by atoms with E-state index in [0.717, 1.165) is 11.1 Å². The molecule has 1 aliphatic rings. The minimum absolute atomic E-state index is 0.364. The minimum atomic E-state index is 0.364. The molecule has 0 bridgehead atoms. The van der Waals surface area contributed by atoms with Crippen LogP contribution in [0.5, 0.6) is 28.7 Å². The fourth-order valence-electron chi connectivity index (χ4n) is 3.74. The van der Waals surface area contributed by atoms with Gasteiger partial charge in [-0.15, -0.1) is 5.10 Å². The molecule has 33 heavy (non-hydrogen) atoms. The zero-order valence-corrected chi connectivity index (χ0v) is 18.3. The van der Waals surface area contributed by atoms with E-state index in [9.17, 15) is 0 Å². The fraction of sp³-hybridized carbons (Fsp3) is 0.167. The number of ether oxygens (including phenoxy) is 4. The Bertz CT molecular complexity index is 1320. The number of hydrogen-bond acceptors (Lipinski definition) is 8. The zero-order chi connectivity index (χ0) is 22.8. The van der Waals surface area contributed by atoms with E-state index in [1.54, 1.807) is 26.0 Å². The van der Waals surface area contributed by atoms with Gasteiger partial charge in [0.2, 0.25) is 11.6 Å². The fourth-order valence-corrected chi connectivity index (χ4v) is 3.74. The molecule has 2 heterocycles. The molecule has 9 nitrogen and oxygen atoms in total. The topological polar surface area (TPSA) is 92.9 Å². The maximum absolute atomic E-state index is 6.14. The third kappa shape index (κ3) is 3.73. The van der Waals surface area contributed by atoms with Crippen molar-refractivity contribution in [2.45, 2.75) is 6.54 Å². The van der Waals surface area contributed by atoms with Crippen molar-refractivity contribution < 1.29 is 18.9 Å². The van der Waals surface area contributed by atoms with Gasteiger partial charge in [-0.25, -0.2) is 9.67 Å². The number of aromatic nitrogens is 4. The molecule has 3 aromatic carbocycles. The van der Waals surface area contributed by atoms with E-state index in [0.29, 0.717) is 52.5 Å². The molecule has 0 fully saturated rings.